The van der Waals surface area contributed by atoms with Crippen LogP contribution < -0.4 is 10.6 Å². The Labute approximate surface area is 146 Å². The summed E-state index contributed by atoms with van der Waals surface area (Å²) >= 11 is 0. The molecule has 0 saturated carbocycles. The predicted molar refractivity (Wildman–Crippen MR) is 92.4 cm³/mol. The molecule has 1 aromatic carbocycles. The Hall–Kier alpha value is -2.74. The minimum Gasteiger partial charge on any atom is -0.351 e. The lowest BCUT2D eigenvalue weighted by Gasteiger charge is -2.18. The van der Waals surface area contributed by atoms with Gasteiger partial charge in [0.1, 0.15) is 5.25 Å². The fraction of sp³-hybridized carbons (Fsp3) is 0.235. The van der Waals surface area contributed by atoms with Crippen molar-refractivity contribution in [3.8, 4) is 0 Å². The third-order valence-corrected chi connectivity index (χ3v) is 5.78. The minimum absolute atomic E-state index is 0.140. The van der Waals surface area contributed by atoms with Gasteiger partial charge in [0.05, 0.1) is 4.90 Å². The van der Waals surface area contributed by atoms with Gasteiger partial charge in [-0.1, -0.05) is 23.8 Å². The predicted octanol–water partition coefficient (Wildman–Crippen LogP) is 0.767. The molecule has 2 amide bonds. The Kier molecular flexibility index (Phi) is 5.87. The molecule has 0 fully saturated rings. The van der Waals surface area contributed by atoms with Crippen LogP contribution in [0.2, 0.25) is 0 Å². The van der Waals surface area contributed by atoms with Gasteiger partial charge in [0.15, 0.2) is 9.84 Å². The largest absolute Gasteiger partial charge is 0.351 e. The number of likely N-dealkylation sites (N-methyl/N-ethyl adjacent to an activating group) is 1. The van der Waals surface area contributed by atoms with Crippen molar-refractivity contribution in [3.05, 3.63) is 59.9 Å². The Balaban J connectivity index is 2.36. The molecule has 0 aliphatic carbocycles. The Morgan fingerprint density at radius 1 is 1.12 bits per heavy atom. The summed E-state index contributed by atoms with van der Waals surface area (Å²) in [6.45, 7) is 1.62. The summed E-state index contributed by atoms with van der Waals surface area (Å²) in [5.41, 5.74) is 1.37. The van der Waals surface area contributed by atoms with Crippen molar-refractivity contribution in [2.45, 2.75) is 17.1 Å². The smallest absolute Gasteiger partial charge is 0.309 e. The van der Waals surface area contributed by atoms with E-state index in [0.29, 0.717) is 5.56 Å². The highest BCUT2D eigenvalue weighted by molar-refractivity contribution is 7.91. The van der Waals surface area contributed by atoms with Crippen molar-refractivity contribution in [1.29, 1.82) is 0 Å². The maximum atomic E-state index is 13.0. The molecular formula is C17H19N3O4S. The van der Waals surface area contributed by atoms with Gasteiger partial charge in [-0.05, 0) is 30.7 Å². The summed E-state index contributed by atoms with van der Waals surface area (Å²) in [5, 5.41) is 3.50. The molecule has 0 unspecified atom stereocenters. The van der Waals surface area contributed by atoms with Crippen LogP contribution >= 0.6 is 0 Å². The third kappa shape index (κ3) is 4.42. The normalized spacial score (nSPS) is 12.2. The van der Waals surface area contributed by atoms with Crippen molar-refractivity contribution < 1.29 is 18.0 Å². The van der Waals surface area contributed by atoms with Crippen LogP contribution in [0.15, 0.2) is 53.7 Å². The minimum atomic E-state index is -3.79. The second kappa shape index (κ2) is 7.89. The summed E-state index contributed by atoms with van der Waals surface area (Å²) in [6.07, 6.45) is 2.96. The van der Waals surface area contributed by atoms with E-state index in [2.05, 4.69) is 15.6 Å². The number of nitrogens with zero attached hydrogens (tertiary/aromatic N) is 1. The molecule has 0 spiro atoms. The van der Waals surface area contributed by atoms with Crippen LogP contribution in [-0.2, 0) is 19.4 Å². The highest BCUT2D eigenvalue weighted by Gasteiger charge is 2.30. The number of carbonyl (C=O) groups is 2. The van der Waals surface area contributed by atoms with Crippen LogP contribution in [0.1, 0.15) is 16.4 Å². The van der Waals surface area contributed by atoms with Gasteiger partial charge in [0.25, 0.3) is 0 Å². The van der Waals surface area contributed by atoms with E-state index in [0.717, 1.165) is 5.56 Å². The van der Waals surface area contributed by atoms with Crippen LogP contribution in [0.5, 0.6) is 0 Å². The van der Waals surface area contributed by atoms with E-state index in [1.165, 1.54) is 31.6 Å². The average molecular weight is 361 g/mol. The lowest BCUT2D eigenvalue weighted by molar-refractivity contribution is -0.138. The van der Waals surface area contributed by atoms with Gasteiger partial charge in [-0.2, -0.15) is 0 Å². The first-order valence-corrected chi connectivity index (χ1v) is 9.11. The van der Waals surface area contributed by atoms with Crippen LogP contribution in [0, 0.1) is 6.92 Å². The molecule has 1 aromatic heterocycles. The number of sulfone groups is 1. The van der Waals surface area contributed by atoms with E-state index in [1.807, 2.05) is 6.92 Å². The second-order valence-corrected chi connectivity index (χ2v) is 7.55. The average Bonchev–Trinajstić information content (AvgIpc) is 2.62. The van der Waals surface area contributed by atoms with Gasteiger partial charge in [0, 0.05) is 26.0 Å². The van der Waals surface area contributed by atoms with E-state index < -0.39 is 26.9 Å². The van der Waals surface area contributed by atoms with E-state index in [4.69, 9.17) is 0 Å². The first-order valence-electron chi connectivity index (χ1n) is 7.56. The van der Waals surface area contributed by atoms with Gasteiger partial charge in [-0.25, -0.2) is 8.42 Å². The number of aryl methyl sites for hydroxylation is 1. The van der Waals surface area contributed by atoms with Gasteiger partial charge >= 0.3 is 11.8 Å². The van der Waals surface area contributed by atoms with Gasteiger partial charge in [-0.15, -0.1) is 0 Å². The quantitative estimate of drug-likeness (QED) is 0.765. The molecule has 0 radical (unpaired) electrons. The molecule has 2 N–H and O–H groups in total. The number of pyridine rings is 1. The van der Waals surface area contributed by atoms with E-state index in [9.17, 15) is 18.0 Å². The highest BCUT2D eigenvalue weighted by atomic mass is 32.2. The monoisotopic (exact) mass is 361 g/mol. The number of carbonyl (C=O) groups excluding carboxylic acids is 2. The molecule has 0 bridgehead atoms. The molecule has 1 atom stereocenters. The fourth-order valence-electron chi connectivity index (χ4n) is 2.24. The molecule has 2 rings (SSSR count). The van der Waals surface area contributed by atoms with Gasteiger partial charge < -0.3 is 10.6 Å². The van der Waals surface area contributed by atoms with Crippen LogP contribution in [0.3, 0.4) is 0 Å². The summed E-state index contributed by atoms with van der Waals surface area (Å²) < 4.78 is 26.0. The maximum Gasteiger partial charge on any atom is 0.309 e. The number of aromatic nitrogens is 1. The summed E-state index contributed by atoms with van der Waals surface area (Å²) in [5.74, 6) is -1.73. The van der Waals surface area contributed by atoms with E-state index in [-0.39, 0.29) is 11.4 Å². The zero-order chi connectivity index (χ0) is 18.4. The van der Waals surface area contributed by atoms with Crippen molar-refractivity contribution in [2.24, 2.45) is 0 Å². The second-order valence-electron chi connectivity index (χ2n) is 5.42. The Bertz CT molecular complexity index is 849. The number of hydrogen-bond donors (Lipinski definition) is 2. The standard InChI is InChI=1S/C17H19N3O4S/c1-12-5-7-14(8-6-12)25(23,24)15(13-4-3-9-19-10-13)11-20-17(22)16(21)18-2/h3-10,15H,11H2,1-2H3,(H,18,21)(H,20,22)/t15-/m1/s1. The van der Waals surface area contributed by atoms with Crippen molar-refractivity contribution in [2.75, 3.05) is 13.6 Å². The summed E-state index contributed by atoms with van der Waals surface area (Å²) in [6, 6.07) is 9.69. The SMILES string of the molecule is CNC(=O)C(=O)NC[C@H](c1cccnc1)S(=O)(=O)c1ccc(C)cc1. The lowest BCUT2D eigenvalue weighted by Crippen LogP contribution is -2.41. The molecule has 0 aliphatic rings. The van der Waals surface area contributed by atoms with Gasteiger partial charge in [0.2, 0.25) is 0 Å². The molecule has 0 saturated heterocycles. The lowest BCUT2D eigenvalue weighted by atomic mass is 10.2. The first kappa shape index (κ1) is 18.6. The third-order valence-electron chi connectivity index (χ3n) is 3.66. The van der Waals surface area contributed by atoms with Gasteiger partial charge in [-0.3, -0.25) is 14.6 Å². The topological polar surface area (TPSA) is 105 Å². The van der Waals surface area contributed by atoms with E-state index >= 15 is 0 Å². The fourth-order valence-corrected chi connectivity index (χ4v) is 3.89. The molecule has 132 valence electrons. The molecule has 2 aromatic rings. The van der Waals surface area contributed by atoms with Crippen LogP contribution in [-0.4, -0.2) is 38.8 Å². The summed E-state index contributed by atoms with van der Waals surface area (Å²) in [7, 11) is -2.46. The molecule has 8 heteroatoms. The van der Waals surface area contributed by atoms with Crippen LogP contribution in [0.4, 0.5) is 0 Å². The van der Waals surface area contributed by atoms with Crippen molar-refractivity contribution in [3.63, 3.8) is 0 Å². The Morgan fingerprint density at radius 3 is 2.36 bits per heavy atom. The zero-order valence-corrected chi connectivity index (χ0v) is 14.7. The number of benzene rings is 1. The first-order chi connectivity index (χ1) is 11.9. The Morgan fingerprint density at radius 2 is 1.80 bits per heavy atom. The molecule has 1 heterocycles. The van der Waals surface area contributed by atoms with Crippen LogP contribution in [0.25, 0.3) is 0 Å². The van der Waals surface area contributed by atoms with E-state index in [1.54, 1.807) is 24.3 Å². The molecule has 7 nitrogen and oxygen atoms in total. The molecule has 0 aliphatic heterocycles. The zero-order valence-electron chi connectivity index (χ0n) is 13.9. The van der Waals surface area contributed by atoms with Crippen molar-refractivity contribution >= 4 is 21.7 Å². The maximum absolute atomic E-state index is 13.0. The summed E-state index contributed by atoms with van der Waals surface area (Å²) in [4.78, 5) is 27.1. The number of hydrogen-bond acceptors (Lipinski definition) is 5. The number of rotatable bonds is 5. The van der Waals surface area contributed by atoms with Crippen molar-refractivity contribution in [1.82, 2.24) is 15.6 Å². The number of amides is 2. The molecular weight excluding hydrogens is 342 g/mol. The number of nitrogens with one attached hydrogen (secondary N) is 2. The highest BCUT2D eigenvalue weighted by Crippen LogP contribution is 2.28. The molecule has 25 heavy (non-hydrogen) atoms.